The maximum atomic E-state index is 13.5. The lowest BCUT2D eigenvalue weighted by Crippen LogP contribution is -2.47. The summed E-state index contributed by atoms with van der Waals surface area (Å²) in [4.78, 5) is 32.9. The third kappa shape index (κ3) is 7.47. The van der Waals surface area contributed by atoms with Crippen molar-refractivity contribution < 1.29 is 19.1 Å². The molecule has 0 aromatic heterocycles. The lowest BCUT2D eigenvalue weighted by atomic mass is 10.0. The SMILES string of the molecule is C=C(OCC)/C(=C\C/C=C(\C)CN1C(=O)c2cccc(N3CCN([C@H](C)c4ccccc4)CC3)c2C1=O)OC.CC. The van der Waals surface area contributed by atoms with Gasteiger partial charge in [-0.1, -0.05) is 68.5 Å². The quantitative estimate of drug-likeness (QED) is 0.134. The van der Waals surface area contributed by atoms with Gasteiger partial charge in [0.1, 0.15) is 0 Å². The second-order valence-corrected chi connectivity index (χ2v) is 9.92. The molecule has 1 saturated heterocycles. The molecule has 2 aromatic rings. The average Bonchev–Trinajstić information content (AvgIpc) is 3.25. The Hall–Kier alpha value is -3.84. The van der Waals surface area contributed by atoms with E-state index < -0.39 is 0 Å². The van der Waals surface area contributed by atoms with E-state index in [0.717, 1.165) is 37.4 Å². The molecule has 0 N–H and O–H groups in total. The molecule has 41 heavy (non-hydrogen) atoms. The van der Waals surface area contributed by atoms with Gasteiger partial charge in [0, 0.05) is 38.8 Å². The zero-order valence-corrected chi connectivity index (χ0v) is 25.5. The molecule has 1 fully saturated rings. The van der Waals surface area contributed by atoms with Crippen molar-refractivity contribution in [2.24, 2.45) is 0 Å². The van der Waals surface area contributed by atoms with Crippen LogP contribution in [0.3, 0.4) is 0 Å². The molecule has 2 heterocycles. The first-order valence-electron chi connectivity index (χ1n) is 14.6. The summed E-state index contributed by atoms with van der Waals surface area (Å²) in [5.74, 6) is 0.592. The maximum Gasteiger partial charge on any atom is 0.263 e. The van der Waals surface area contributed by atoms with Gasteiger partial charge in [0.2, 0.25) is 0 Å². The van der Waals surface area contributed by atoms with Crippen LogP contribution in [0.1, 0.15) is 73.4 Å². The van der Waals surface area contributed by atoms with Crippen molar-refractivity contribution in [3.63, 3.8) is 0 Å². The number of nitrogens with zero attached hydrogens (tertiary/aromatic N) is 3. The summed E-state index contributed by atoms with van der Waals surface area (Å²) < 4.78 is 10.8. The van der Waals surface area contributed by atoms with E-state index in [1.807, 2.05) is 58.0 Å². The first-order chi connectivity index (χ1) is 19.8. The van der Waals surface area contributed by atoms with Crippen molar-refractivity contribution in [1.29, 1.82) is 0 Å². The summed E-state index contributed by atoms with van der Waals surface area (Å²) in [6.07, 6.45) is 4.43. The molecule has 0 radical (unpaired) electrons. The highest BCUT2D eigenvalue weighted by molar-refractivity contribution is 6.24. The van der Waals surface area contributed by atoms with E-state index in [9.17, 15) is 9.59 Å². The van der Waals surface area contributed by atoms with E-state index >= 15 is 0 Å². The number of anilines is 1. The summed E-state index contributed by atoms with van der Waals surface area (Å²) in [7, 11) is 1.58. The van der Waals surface area contributed by atoms with E-state index in [1.165, 1.54) is 10.5 Å². The van der Waals surface area contributed by atoms with Crippen molar-refractivity contribution in [3.8, 4) is 0 Å². The van der Waals surface area contributed by atoms with Crippen molar-refractivity contribution in [3.05, 3.63) is 101 Å². The number of allylic oxidation sites excluding steroid dienone is 2. The molecule has 0 spiro atoms. The van der Waals surface area contributed by atoms with Gasteiger partial charge in [0.15, 0.2) is 11.5 Å². The van der Waals surface area contributed by atoms with Gasteiger partial charge in [0.25, 0.3) is 11.8 Å². The number of benzene rings is 2. The highest BCUT2D eigenvalue weighted by Crippen LogP contribution is 2.33. The molecule has 7 heteroatoms. The maximum absolute atomic E-state index is 13.5. The van der Waals surface area contributed by atoms with Crippen LogP contribution in [0.4, 0.5) is 5.69 Å². The molecule has 2 aliphatic rings. The van der Waals surface area contributed by atoms with Crippen LogP contribution in [0.25, 0.3) is 0 Å². The molecule has 4 rings (SSSR count). The van der Waals surface area contributed by atoms with Crippen LogP contribution in [0, 0.1) is 0 Å². The fourth-order valence-corrected chi connectivity index (χ4v) is 5.25. The number of rotatable bonds is 11. The second kappa shape index (κ2) is 15.2. The van der Waals surface area contributed by atoms with Gasteiger partial charge in [-0.05, 0) is 51.0 Å². The third-order valence-electron chi connectivity index (χ3n) is 7.45. The monoisotopic (exact) mass is 559 g/mol. The van der Waals surface area contributed by atoms with E-state index in [-0.39, 0.29) is 18.4 Å². The zero-order valence-electron chi connectivity index (χ0n) is 25.5. The minimum Gasteiger partial charge on any atom is -0.493 e. The number of hydrogen-bond acceptors (Lipinski definition) is 6. The van der Waals surface area contributed by atoms with E-state index in [0.29, 0.717) is 41.7 Å². The zero-order chi connectivity index (χ0) is 29.9. The molecule has 2 aliphatic heterocycles. The number of carbonyl (C=O) groups excluding carboxylic acids is 2. The van der Waals surface area contributed by atoms with Crippen molar-refractivity contribution in [2.75, 3.05) is 51.3 Å². The Morgan fingerprint density at radius 3 is 2.29 bits per heavy atom. The predicted molar refractivity (Wildman–Crippen MR) is 166 cm³/mol. The highest BCUT2D eigenvalue weighted by Gasteiger charge is 2.38. The standard InChI is InChI=1S/C32H39N3O4.C2H6/c1-6-39-25(4)29(38-5)17-10-12-23(2)22-35-31(36)27-15-11-16-28(30(27)32(35)37)34-20-18-33(19-21-34)24(3)26-13-8-7-9-14-26;1-2/h7-9,11-17,24H,4,6,10,18-22H2,1-3,5H3;1-2H3/b23-12+,29-17+;/t24-;/m1./s1. The first-order valence-corrected chi connectivity index (χ1v) is 14.6. The molecule has 7 nitrogen and oxygen atoms in total. The summed E-state index contributed by atoms with van der Waals surface area (Å²) in [5.41, 5.74) is 4.08. The van der Waals surface area contributed by atoms with E-state index in [1.54, 1.807) is 13.2 Å². The predicted octanol–water partition coefficient (Wildman–Crippen LogP) is 6.61. The van der Waals surface area contributed by atoms with Crippen LogP contribution in [-0.2, 0) is 9.47 Å². The molecule has 2 amide bonds. The van der Waals surface area contributed by atoms with Gasteiger partial charge in [-0.15, -0.1) is 0 Å². The van der Waals surface area contributed by atoms with Gasteiger partial charge >= 0.3 is 0 Å². The Kier molecular flexibility index (Phi) is 11.8. The van der Waals surface area contributed by atoms with Crippen LogP contribution in [0.15, 0.2) is 84.4 Å². The third-order valence-corrected chi connectivity index (χ3v) is 7.45. The topological polar surface area (TPSA) is 62.3 Å². The van der Waals surface area contributed by atoms with Crippen LogP contribution >= 0.6 is 0 Å². The number of piperazine rings is 1. The Labute approximate surface area is 245 Å². The number of carbonyl (C=O) groups is 2. The molecular weight excluding hydrogens is 514 g/mol. The van der Waals surface area contributed by atoms with Crippen LogP contribution in [-0.4, -0.2) is 68.1 Å². The number of fused-ring (bicyclic) bond motifs is 1. The lowest BCUT2D eigenvalue weighted by Gasteiger charge is -2.39. The van der Waals surface area contributed by atoms with Gasteiger partial charge < -0.3 is 14.4 Å². The minimum atomic E-state index is -0.237. The van der Waals surface area contributed by atoms with Crippen LogP contribution in [0.5, 0.6) is 0 Å². The van der Waals surface area contributed by atoms with Crippen LogP contribution < -0.4 is 4.90 Å². The molecule has 0 unspecified atom stereocenters. The van der Waals surface area contributed by atoms with Gasteiger partial charge in [0.05, 0.1) is 30.5 Å². The molecule has 2 aromatic carbocycles. The summed E-state index contributed by atoms with van der Waals surface area (Å²) in [5, 5.41) is 0. The number of amides is 2. The largest absolute Gasteiger partial charge is 0.493 e. The fourth-order valence-electron chi connectivity index (χ4n) is 5.25. The van der Waals surface area contributed by atoms with Gasteiger partial charge in [-0.2, -0.15) is 0 Å². The molecule has 0 bridgehead atoms. The average molecular weight is 560 g/mol. The summed E-state index contributed by atoms with van der Waals surface area (Å²) in [6, 6.07) is 16.5. The number of ether oxygens (including phenoxy) is 2. The molecule has 220 valence electrons. The minimum absolute atomic E-state index is 0.226. The summed E-state index contributed by atoms with van der Waals surface area (Å²) in [6.45, 7) is 18.1. The summed E-state index contributed by atoms with van der Waals surface area (Å²) >= 11 is 0. The number of hydrogen-bond donors (Lipinski definition) is 0. The van der Waals surface area contributed by atoms with Crippen molar-refractivity contribution >= 4 is 17.5 Å². The lowest BCUT2D eigenvalue weighted by molar-refractivity contribution is 0.0668. The Bertz CT molecular complexity index is 1260. The van der Waals surface area contributed by atoms with Crippen molar-refractivity contribution in [2.45, 2.75) is 47.1 Å². The second-order valence-electron chi connectivity index (χ2n) is 9.92. The molecular formula is C34H45N3O4. The van der Waals surface area contributed by atoms with E-state index in [2.05, 4.69) is 47.6 Å². The molecule has 0 saturated carbocycles. The fraction of sp³-hybridized carbons (Fsp3) is 0.412. The Morgan fingerprint density at radius 1 is 0.976 bits per heavy atom. The van der Waals surface area contributed by atoms with E-state index in [4.69, 9.17) is 9.47 Å². The Morgan fingerprint density at radius 2 is 1.66 bits per heavy atom. The van der Waals surface area contributed by atoms with Crippen molar-refractivity contribution in [1.82, 2.24) is 9.80 Å². The molecule has 0 aliphatic carbocycles. The van der Waals surface area contributed by atoms with Gasteiger partial charge in [-0.3, -0.25) is 19.4 Å². The smallest absolute Gasteiger partial charge is 0.263 e. The first kappa shape index (κ1) is 31.7. The van der Waals surface area contributed by atoms with Crippen LogP contribution in [0.2, 0.25) is 0 Å². The van der Waals surface area contributed by atoms with Gasteiger partial charge in [-0.25, -0.2) is 0 Å². The normalized spacial score (nSPS) is 16.6. The number of imide groups is 1. The Balaban J connectivity index is 0.00000226. The highest BCUT2D eigenvalue weighted by atomic mass is 16.5. The molecule has 1 atom stereocenters. The number of methoxy groups -OCH3 is 1.